The fourth-order valence-electron chi connectivity index (χ4n) is 4.80. The van der Waals surface area contributed by atoms with Gasteiger partial charge in [0.2, 0.25) is 15.9 Å². The molecule has 0 spiro atoms. The van der Waals surface area contributed by atoms with E-state index in [-0.39, 0.29) is 23.8 Å². The van der Waals surface area contributed by atoms with Gasteiger partial charge in [-0.25, -0.2) is 17.7 Å². The zero-order valence-electron chi connectivity index (χ0n) is 24.0. The molecule has 0 bridgehead atoms. The Morgan fingerprint density at radius 1 is 1.00 bits per heavy atom. The number of aryl methyl sites for hydroxylation is 2. The minimum Gasteiger partial charge on any atom is -0.491 e. The average Bonchev–Trinajstić information content (AvgIpc) is 2.96. The highest BCUT2D eigenvalue weighted by atomic mass is 32.2. The van der Waals surface area contributed by atoms with Crippen LogP contribution in [0.5, 0.6) is 5.75 Å². The van der Waals surface area contributed by atoms with E-state index in [1.165, 1.54) is 11.4 Å². The number of benzene rings is 1. The number of sulfonamides is 1. The van der Waals surface area contributed by atoms with Crippen LogP contribution in [0.2, 0.25) is 0 Å². The average molecular weight is 583 g/mol. The van der Waals surface area contributed by atoms with E-state index in [0.717, 1.165) is 37.7 Å². The molecule has 1 N–H and O–H groups in total. The number of carbonyl (C=O) groups is 1. The van der Waals surface area contributed by atoms with E-state index in [1.54, 1.807) is 51.7 Å². The lowest BCUT2D eigenvalue weighted by Gasteiger charge is -2.36. The summed E-state index contributed by atoms with van der Waals surface area (Å²) in [5.74, 6) is 1.15. The highest BCUT2D eigenvalue weighted by molar-refractivity contribution is 7.89. The van der Waals surface area contributed by atoms with Gasteiger partial charge in [-0.2, -0.15) is 0 Å². The van der Waals surface area contributed by atoms with Gasteiger partial charge in [0, 0.05) is 71.4 Å². The molecule has 1 saturated heterocycles. The molecule has 0 atom stereocenters. The maximum Gasteiger partial charge on any atom is 0.243 e. The van der Waals surface area contributed by atoms with Gasteiger partial charge >= 0.3 is 0 Å². The number of nitrogens with one attached hydrogen (secondary N) is 1. The van der Waals surface area contributed by atoms with E-state index in [1.807, 2.05) is 24.3 Å². The number of nitrogens with zero attached hydrogens (tertiary/aromatic N) is 5. The minimum absolute atomic E-state index is 0.00472. The number of pyridine rings is 2. The number of hydrogen-bond acceptors (Lipinski definition) is 9. The molecule has 0 saturated carbocycles. The molecule has 2 aromatic heterocycles. The Morgan fingerprint density at radius 2 is 1.66 bits per heavy atom. The fourth-order valence-corrected chi connectivity index (χ4v) is 6.37. The van der Waals surface area contributed by atoms with E-state index in [4.69, 9.17) is 9.47 Å². The van der Waals surface area contributed by atoms with Crippen molar-refractivity contribution in [3.63, 3.8) is 0 Å². The molecule has 220 valence electrons. The lowest BCUT2D eigenvalue weighted by Crippen LogP contribution is -2.46. The molecule has 3 aromatic rings. The fraction of sp³-hybridized carbons (Fsp3) is 0.414. The van der Waals surface area contributed by atoms with Gasteiger partial charge in [0.1, 0.15) is 18.2 Å². The Bertz CT molecular complexity index is 1390. The molecule has 11 nitrogen and oxygen atoms in total. The topological polar surface area (TPSA) is 117 Å². The molecule has 1 aliphatic rings. The summed E-state index contributed by atoms with van der Waals surface area (Å²) >= 11 is 0. The molecular formula is C29H38N6O5S. The van der Waals surface area contributed by atoms with Gasteiger partial charge in [-0.05, 0) is 61.4 Å². The molecule has 1 aliphatic heterocycles. The van der Waals surface area contributed by atoms with E-state index >= 15 is 0 Å². The van der Waals surface area contributed by atoms with Crippen LogP contribution in [-0.4, -0.2) is 88.7 Å². The maximum atomic E-state index is 13.3. The van der Waals surface area contributed by atoms with Crippen molar-refractivity contribution in [1.82, 2.24) is 14.3 Å². The molecule has 0 aliphatic carbocycles. The second-order valence-electron chi connectivity index (χ2n) is 9.94. The monoisotopic (exact) mass is 582 g/mol. The summed E-state index contributed by atoms with van der Waals surface area (Å²) in [6, 6.07) is 11.1. The van der Waals surface area contributed by atoms with Gasteiger partial charge in [0.15, 0.2) is 0 Å². The molecule has 41 heavy (non-hydrogen) atoms. The highest BCUT2D eigenvalue weighted by Gasteiger charge is 2.26. The van der Waals surface area contributed by atoms with Crippen molar-refractivity contribution in [3.8, 4) is 5.75 Å². The van der Waals surface area contributed by atoms with Gasteiger partial charge in [0.05, 0.1) is 23.4 Å². The van der Waals surface area contributed by atoms with Crippen LogP contribution in [0.4, 0.5) is 17.2 Å². The second-order valence-corrected chi connectivity index (χ2v) is 11.9. The zero-order valence-corrected chi connectivity index (χ0v) is 24.9. The highest BCUT2D eigenvalue weighted by Crippen LogP contribution is 2.28. The van der Waals surface area contributed by atoms with E-state index in [0.29, 0.717) is 35.8 Å². The Hall–Kier alpha value is -3.74. The summed E-state index contributed by atoms with van der Waals surface area (Å²) in [7, 11) is -0.730. The van der Waals surface area contributed by atoms with Gasteiger partial charge in [-0.1, -0.05) is 0 Å². The molecule has 1 fully saturated rings. The minimum atomic E-state index is -3.80. The van der Waals surface area contributed by atoms with Crippen molar-refractivity contribution in [3.05, 3.63) is 66.1 Å². The summed E-state index contributed by atoms with van der Waals surface area (Å²) in [6.07, 6.45) is 5.24. The van der Waals surface area contributed by atoms with Crippen molar-refractivity contribution in [2.45, 2.75) is 25.2 Å². The molecular weight excluding hydrogens is 544 g/mol. The van der Waals surface area contributed by atoms with E-state index < -0.39 is 10.0 Å². The van der Waals surface area contributed by atoms with E-state index in [9.17, 15) is 13.2 Å². The van der Waals surface area contributed by atoms with Crippen molar-refractivity contribution < 1.29 is 22.7 Å². The first-order chi connectivity index (χ1) is 19.7. The predicted octanol–water partition coefficient (Wildman–Crippen LogP) is 3.09. The number of anilines is 3. The number of methoxy groups -OCH3 is 1. The van der Waals surface area contributed by atoms with Crippen LogP contribution in [0, 0.1) is 13.8 Å². The lowest BCUT2D eigenvalue weighted by molar-refractivity contribution is -0.116. The first-order valence-electron chi connectivity index (χ1n) is 13.5. The molecule has 0 radical (unpaired) electrons. The number of rotatable bonds is 12. The van der Waals surface area contributed by atoms with Crippen molar-refractivity contribution in [2.75, 3.05) is 75.2 Å². The first-order valence-corrected chi connectivity index (χ1v) is 15.0. The maximum absolute atomic E-state index is 13.3. The lowest BCUT2D eigenvalue weighted by atomic mass is 10.1. The third kappa shape index (κ3) is 7.72. The number of piperazine rings is 1. The Balaban J connectivity index is 1.28. The van der Waals surface area contributed by atoms with Crippen molar-refractivity contribution >= 4 is 33.1 Å². The van der Waals surface area contributed by atoms with Crippen molar-refractivity contribution in [1.29, 1.82) is 0 Å². The third-order valence-corrected chi connectivity index (χ3v) is 9.14. The number of ether oxygens (including phenoxy) is 2. The van der Waals surface area contributed by atoms with Crippen LogP contribution in [0.3, 0.4) is 0 Å². The van der Waals surface area contributed by atoms with Gasteiger partial charge in [-0.3, -0.25) is 9.78 Å². The zero-order chi connectivity index (χ0) is 29.4. The van der Waals surface area contributed by atoms with Crippen LogP contribution < -0.4 is 19.9 Å². The summed E-state index contributed by atoms with van der Waals surface area (Å²) in [5.41, 5.74) is 2.89. The normalized spacial score (nSPS) is 13.9. The SMILES string of the molecule is COCCOc1cc(C)c(S(=O)(=O)N(C)CCC(=O)Nc2ccc(N3CCN(c4ccncc4)CC3)nc2)c(C)c1. The summed E-state index contributed by atoms with van der Waals surface area (Å²) in [5, 5.41) is 2.82. The molecule has 1 amide bonds. The van der Waals surface area contributed by atoms with Crippen LogP contribution in [0.1, 0.15) is 17.5 Å². The van der Waals surface area contributed by atoms with Crippen LogP contribution >= 0.6 is 0 Å². The van der Waals surface area contributed by atoms with E-state index in [2.05, 4.69) is 25.1 Å². The number of carbonyl (C=O) groups excluding carboxylic acids is 1. The van der Waals surface area contributed by atoms with Gasteiger partial charge in [0.25, 0.3) is 0 Å². The quantitative estimate of drug-likeness (QED) is 0.322. The Kier molecular flexibility index (Phi) is 10.1. The van der Waals surface area contributed by atoms with Gasteiger partial charge < -0.3 is 24.6 Å². The standard InChI is InChI=1S/C29H38N6O5S/c1-22-19-26(40-18-17-39-4)20-23(2)29(22)41(37,38)33(3)12-9-28(36)32-24-5-6-27(31-21-24)35-15-13-34(14-16-35)25-7-10-30-11-8-25/h5-8,10-11,19-21H,9,12-18H2,1-4H3,(H,32,36). The Morgan fingerprint density at radius 3 is 2.27 bits per heavy atom. The van der Waals surface area contributed by atoms with Crippen LogP contribution in [0.25, 0.3) is 0 Å². The number of amides is 1. The first kappa shape index (κ1) is 30.2. The van der Waals surface area contributed by atoms with Crippen molar-refractivity contribution in [2.24, 2.45) is 0 Å². The van der Waals surface area contributed by atoms with Gasteiger partial charge in [-0.15, -0.1) is 0 Å². The predicted molar refractivity (Wildman–Crippen MR) is 159 cm³/mol. The molecule has 12 heteroatoms. The Labute approximate surface area is 242 Å². The number of aromatic nitrogens is 2. The third-order valence-electron chi connectivity index (χ3n) is 6.98. The molecule has 4 rings (SSSR count). The molecule has 1 aromatic carbocycles. The number of hydrogen-bond donors (Lipinski definition) is 1. The molecule has 3 heterocycles. The van der Waals surface area contributed by atoms with Crippen LogP contribution in [-0.2, 0) is 19.6 Å². The molecule has 0 unspecified atom stereocenters. The summed E-state index contributed by atoms with van der Waals surface area (Å²) in [4.78, 5) is 26.0. The largest absolute Gasteiger partial charge is 0.491 e. The summed E-state index contributed by atoms with van der Waals surface area (Å²) in [6.45, 7) is 7.76. The van der Waals surface area contributed by atoms with Crippen LogP contribution in [0.15, 0.2) is 59.9 Å². The summed E-state index contributed by atoms with van der Waals surface area (Å²) < 4.78 is 38.5. The second kappa shape index (κ2) is 13.7. The smallest absolute Gasteiger partial charge is 0.243 e.